The van der Waals surface area contributed by atoms with Gasteiger partial charge in [0.2, 0.25) is 0 Å². The molecule has 4 aromatic heterocycles. The number of nitrogens with one attached hydrogen (secondary N) is 1. The lowest BCUT2D eigenvalue weighted by atomic mass is 10.1. The molecule has 0 bridgehead atoms. The quantitative estimate of drug-likeness (QED) is 0.561. The van der Waals surface area contributed by atoms with Crippen molar-refractivity contribution in [1.29, 1.82) is 0 Å². The van der Waals surface area contributed by atoms with Gasteiger partial charge in [0.05, 0.1) is 30.6 Å². The standard InChI is InChI=1S/C21H23N7O2/c1-13-10-18(26(3)25-13)28-11-17(15-4-6-22-19-16(15)5-7-23-19)24-20(21(28)29)27-8-9-30-12-14(27)2/h4-7,10-11,14H,8-9,12H2,1-3H3,(H,22,23)/t14-/m1/s1. The number of anilines is 1. The molecule has 1 saturated heterocycles. The highest BCUT2D eigenvalue weighted by Crippen LogP contribution is 2.27. The summed E-state index contributed by atoms with van der Waals surface area (Å²) in [5.74, 6) is 1.12. The van der Waals surface area contributed by atoms with Crippen molar-refractivity contribution < 1.29 is 4.74 Å². The number of nitrogens with zero attached hydrogens (tertiary/aromatic N) is 6. The van der Waals surface area contributed by atoms with E-state index >= 15 is 0 Å². The Labute approximate surface area is 172 Å². The van der Waals surface area contributed by atoms with Gasteiger partial charge in [-0.25, -0.2) is 9.97 Å². The first-order chi connectivity index (χ1) is 14.5. The van der Waals surface area contributed by atoms with Crippen LogP contribution in [0.25, 0.3) is 28.1 Å². The Hall–Kier alpha value is -3.46. The second kappa shape index (κ2) is 7.10. The number of ether oxygens (including phenoxy) is 1. The molecule has 4 aromatic rings. The van der Waals surface area contributed by atoms with Crippen LogP contribution in [0.5, 0.6) is 0 Å². The molecule has 1 N–H and O–H groups in total. The van der Waals surface area contributed by atoms with E-state index < -0.39 is 0 Å². The number of rotatable bonds is 3. The number of hydrogen-bond acceptors (Lipinski definition) is 6. The third kappa shape index (κ3) is 2.98. The van der Waals surface area contributed by atoms with Gasteiger partial charge in [0.25, 0.3) is 5.56 Å². The molecule has 5 rings (SSSR count). The molecular formula is C21H23N7O2. The fraction of sp³-hybridized carbons (Fsp3) is 0.333. The largest absolute Gasteiger partial charge is 0.377 e. The summed E-state index contributed by atoms with van der Waals surface area (Å²) in [6, 6.07) is 5.85. The summed E-state index contributed by atoms with van der Waals surface area (Å²) in [5.41, 5.74) is 3.07. The average molecular weight is 405 g/mol. The molecule has 0 aromatic carbocycles. The topological polar surface area (TPSA) is 93.9 Å². The van der Waals surface area contributed by atoms with Gasteiger partial charge in [-0.15, -0.1) is 0 Å². The normalized spacial score (nSPS) is 17.0. The maximum atomic E-state index is 13.5. The zero-order valence-electron chi connectivity index (χ0n) is 17.2. The third-order valence-electron chi connectivity index (χ3n) is 5.49. The van der Waals surface area contributed by atoms with Gasteiger partial charge in [0, 0.05) is 49.2 Å². The molecule has 30 heavy (non-hydrogen) atoms. The van der Waals surface area contributed by atoms with Crippen LogP contribution in [0, 0.1) is 6.92 Å². The van der Waals surface area contributed by atoms with E-state index in [1.807, 2.05) is 50.2 Å². The first kappa shape index (κ1) is 18.6. The molecule has 0 spiro atoms. The monoisotopic (exact) mass is 405 g/mol. The Morgan fingerprint density at radius 3 is 2.93 bits per heavy atom. The van der Waals surface area contributed by atoms with Crippen LogP contribution < -0.4 is 10.5 Å². The molecule has 0 aliphatic carbocycles. The van der Waals surface area contributed by atoms with Crippen LogP contribution in [-0.4, -0.2) is 55.1 Å². The van der Waals surface area contributed by atoms with Crippen molar-refractivity contribution in [1.82, 2.24) is 29.3 Å². The number of aromatic amines is 1. The summed E-state index contributed by atoms with van der Waals surface area (Å²) in [6.07, 6.45) is 5.39. The maximum absolute atomic E-state index is 13.5. The van der Waals surface area contributed by atoms with E-state index in [2.05, 4.69) is 15.1 Å². The Morgan fingerprint density at radius 1 is 1.30 bits per heavy atom. The summed E-state index contributed by atoms with van der Waals surface area (Å²) in [6.45, 7) is 5.70. The predicted octanol–water partition coefficient (Wildman–Crippen LogP) is 2.04. The first-order valence-corrected chi connectivity index (χ1v) is 9.94. The van der Waals surface area contributed by atoms with Crippen LogP contribution in [0.2, 0.25) is 0 Å². The average Bonchev–Trinajstić information content (AvgIpc) is 3.34. The molecule has 9 heteroatoms. The molecule has 154 valence electrons. The molecule has 0 unspecified atom stereocenters. The van der Waals surface area contributed by atoms with E-state index in [4.69, 9.17) is 9.72 Å². The molecule has 0 radical (unpaired) electrons. The summed E-state index contributed by atoms with van der Waals surface area (Å²) < 4.78 is 8.92. The Balaban J connectivity index is 1.78. The zero-order chi connectivity index (χ0) is 20.8. The Bertz CT molecular complexity index is 1290. The second-order valence-electron chi connectivity index (χ2n) is 7.61. The van der Waals surface area contributed by atoms with Crippen molar-refractivity contribution >= 4 is 16.9 Å². The molecule has 9 nitrogen and oxygen atoms in total. The molecular weight excluding hydrogens is 382 g/mol. The zero-order valence-corrected chi connectivity index (χ0v) is 17.2. The van der Waals surface area contributed by atoms with Crippen molar-refractivity contribution in [3.05, 3.63) is 52.8 Å². The number of pyridine rings is 1. The Morgan fingerprint density at radius 2 is 2.17 bits per heavy atom. The van der Waals surface area contributed by atoms with Gasteiger partial charge in [-0.05, 0) is 26.0 Å². The summed E-state index contributed by atoms with van der Waals surface area (Å²) in [4.78, 5) is 27.9. The van der Waals surface area contributed by atoms with Crippen LogP contribution in [-0.2, 0) is 11.8 Å². The summed E-state index contributed by atoms with van der Waals surface area (Å²) in [5, 5.41) is 5.37. The van der Waals surface area contributed by atoms with Crippen molar-refractivity contribution in [2.45, 2.75) is 19.9 Å². The van der Waals surface area contributed by atoms with Crippen LogP contribution >= 0.6 is 0 Å². The van der Waals surface area contributed by atoms with E-state index in [0.29, 0.717) is 37.1 Å². The number of fused-ring (bicyclic) bond motifs is 1. The number of aryl methyl sites for hydroxylation is 2. The van der Waals surface area contributed by atoms with Gasteiger partial charge in [-0.1, -0.05) is 0 Å². The second-order valence-corrected chi connectivity index (χ2v) is 7.61. The third-order valence-corrected chi connectivity index (χ3v) is 5.49. The van der Waals surface area contributed by atoms with Crippen molar-refractivity contribution in [2.75, 3.05) is 24.7 Å². The highest BCUT2D eigenvalue weighted by molar-refractivity contribution is 5.91. The molecule has 0 amide bonds. The fourth-order valence-corrected chi connectivity index (χ4v) is 4.01. The van der Waals surface area contributed by atoms with E-state index in [9.17, 15) is 4.79 Å². The lowest BCUT2D eigenvalue weighted by Gasteiger charge is -2.34. The van der Waals surface area contributed by atoms with Crippen LogP contribution in [0.3, 0.4) is 0 Å². The molecule has 0 saturated carbocycles. The lowest BCUT2D eigenvalue weighted by Crippen LogP contribution is -2.47. The van der Waals surface area contributed by atoms with E-state index in [-0.39, 0.29) is 11.6 Å². The van der Waals surface area contributed by atoms with Gasteiger partial charge in [-0.2, -0.15) is 5.10 Å². The SMILES string of the molecule is Cc1cc(-n2cc(-c3ccnc4[nH]ccc34)nc(N3CCOC[C@H]3C)c2=O)n(C)n1. The minimum absolute atomic E-state index is 0.0561. The van der Waals surface area contributed by atoms with Crippen LogP contribution in [0.15, 0.2) is 41.6 Å². The highest BCUT2D eigenvalue weighted by Gasteiger charge is 2.25. The van der Waals surface area contributed by atoms with E-state index in [0.717, 1.165) is 22.3 Å². The predicted molar refractivity (Wildman–Crippen MR) is 114 cm³/mol. The Kier molecular flexibility index (Phi) is 4.39. The van der Waals surface area contributed by atoms with Gasteiger partial charge in [-0.3, -0.25) is 14.0 Å². The molecule has 1 aliphatic rings. The van der Waals surface area contributed by atoms with Gasteiger partial charge in [0.1, 0.15) is 11.5 Å². The molecule has 5 heterocycles. The summed E-state index contributed by atoms with van der Waals surface area (Å²) >= 11 is 0. The van der Waals surface area contributed by atoms with Crippen LogP contribution in [0.1, 0.15) is 12.6 Å². The van der Waals surface area contributed by atoms with Crippen molar-refractivity contribution in [3.63, 3.8) is 0 Å². The minimum atomic E-state index is -0.171. The summed E-state index contributed by atoms with van der Waals surface area (Å²) in [7, 11) is 1.84. The molecule has 1 fully saturated rings. The first-order valence-electron chi connectivity index (χ1n) is 9.94. The van der Waals surface area contributed by atoms with Crippen molar-refractivity contribution in [2.24, 2.45) is 7.05 Å². The maximum Gasteiger partial charge on any atom is 0.299 e. The van der Waals surface area contributed by atoms with E-state index in [1.165, 1.54) is 0 Å². The van der Waals surface area contributed by atoms with Crippen LogP contribution in [0.4, 0.5) is 5.82 Å². The number of morpholine rings is 1. The molecule has 1 aliphatic heterocycles. The minimum Gasteiger partial charge on any atom is -0.377 e. The lowest BCUT2D eigenvalue weighted by molar-refractivity contribution is 0.0983. The smallest absolute Gasteiger partial charge is 0.299 e. The molecule has 1 atom stereocenters. The highest BCUT2D eigenvalue weighted by atomic mass is 16.5. The van der Waals surface area contributed by atoms with E-state index in [1.54, 1.807) is 21.6 Å². The number of H-pyrrole nitrogens is 1. The van der Waals surface area contributed by atoms with Crippen molar-refractivity contribution in [3.8, 4) is 17.1 Å². The van der Waals surface area contributed by atoms with Gasteiger partial charge in [0.15, 0.2) is 5.82 Å². The fourth-order valence-electron chi connectivity index (χ4n) is 4.01. The number of aromatic nitrogens is 6. The van der Waals surface area contributed by atoms with Gasteiger partial charge >= 0.3 is 0 Å². The number of hydrogen-bond donors (Lipinski definition) is 1. The van der Waals surface area contributed by atoms with Gasteiger partial charge < -0.3 is 14.6 Å².